The van der Waals surface area contributed by atoms with Crippen molar-refractivity contribution in [2.24, 2.45) is 0 Å². The fraction of sp³-hybridized carbons (Fsp3) is 0.308. The second-order valence-electron chi connectivity index (χ2n) is 4.03. The van der Waals surface area contributed by atoms with Crippen molar-refractivity contribution < 1.29 is 4.39 Å². The Labute approximate surface area is 115 Å². The van der Waals surface area contributed by atoms with Gasteiger partial charge in [-0.1, -0.05) is 30.1 Å². The molecule has 1 aromatic heterocycles. The second kappa shape index (κ2) is 4.90. The van der Waals surface area contributed by atoms with Crippen LogP contribution >= 0.6 is 23.2 Å². The molecule has 2 rings (SSSR count). The fourth-order valence-corrected chi connectivity index (χ4v) is 2.74. The van der Waals surface area contributed by atoms with E-state index in [0.717, 1.165) is 23.4 Å². The predicted octanol–water partition coefficient (Wildman–Crippen LogP) is 4.59. The van der Waals surface area contributed by atoms with Gasteiger partial charge in [0.2, 0.25) is 0 Å². The van der Waals surface area contributed by atoms with E-state index in [1.165, 1.54) is 6.07 Å². The van der Waals surface area contributed by atoms with Gasteiger partial charge in [-0.3, -0.25) is 4.98 Å². The Kier molecular flexibility index (Phi) is 3.64. The topological polar surface area (TPSA) is 24.9 Å². The van der Waals surface area contributed by atoms with Crippen LogP contribution in [0.5, 0.6) is 0 Å². The molecule has 2 aromatic rings. The lowest BCUT2D eigenvalue weighted by atomic mass is 10.0. The summed E-state index contributed by atoms with van der Waals surface area (Å²) in [5.74, 6) is -0.602. The summed E-state index contributed by atoms with van der Waals surface area (Å²) in [7, 11) is 1.79. The highest BCUT2D eigenvalue weighted by Crippen LogP contribution is 2.38. The van der Waals surface area contributed by atoms with E-state index < -0.39 is 5.82 Å². The average molecular weight is 287 g/mol. The van der Waals surface area contributed by atoms with Gasteiger partial charge in [0, 0.05) is 23.8 Å². The van der Waals surface area contributed by atoms with E-state index in [1.807, 2.05) is 13.8 Å². The van der Waals surface area contributed by atoms with Crippen molar-refractivity contribution >= 4 is 39.8 Å². The fourth-order valence-electron chi connectivity index (χ4n) is 2.20. The first-order valence-electron chi connectivity index (χ1n) is 5.65. The van der Waals surface area contributed by atoms with Crippen molar-refractivity contribution in [2.45, 2.75) is 20.3 Å². The molecule has 2 nitrogen and oxygen atoms in total. The second-order valence-corrected chi connectivity index (χ2v) is 4.82. The number of pyridine rings is 1. The zero-order valence-electron chi connectivity index (χ0n) is 10.4. The van der Waals surface area contributed by atoms with Crippen LogP contribution in [-0.2, 0) is 6.42 Å². The van der Waals surface area contributed by atoms with Gasteiger partial charge in [-0.15, -0.1) is 0 Å². The highest BCUT2D eigenvalue weighted by atomic mass is 35.5. The monoisotopic (exact) mass is 286 g/mol. The molecule has 1 heterocycles. The lowest BCUT2D eigenvalue weighted by Gasteiger charge is -2.15. The van der Waals surface area contributed by atoms with Gasteiger partial charge in [-0.2, -0.15) is 0 Å². The van der Waals surface area contributed by atoms with Gasteiger partial charge in [0.1, 0.15) is 0 Å². The molecule has 0 saturated heterocycles. The first kappa shape index (κ1) is 13.4. The van der Waals surface area contributed by atoms with E-state index in [2.05, 4.69) is 10.3 Å². The smallest absolute Gasteiger partial charge is 0.161 e. The maximum Gasteiger partial charge on any atom is 0.161 e. The van der Waals surface area contributed by atoms with Crippen molar-refractivity contribution in [1.29, 1.82) is 0 Å². The first-order chi connectivity index (χ1) is 8.51. The van der Waals surface area contributed by atoms with Gasteiger partial charge in [-0.25, -0.2) is 4.39 Å². The van der Waals surface area contributed by atoms with E-state index in [4.69, 9.17) is 23.2 Å². The molecule has 0 unspecified atom stereocenters. The van der Waals surface area contributed by atoms with E-state index in [-0.39, 0.29) is 10.0 Å². The average Bonchev–Trinajstić information content (AvgIpc) is 2.34. The zero-order valence-corrected chi connectivity index (χ0v) is 11.9. The quantitative estimate of drug-likeness (QED) is 0.817. The molecule has 1 aromatic carbocycles. The summed E-state index contributed by atoms with van der Waals surface area (Å²) in [5, 5.41) is 3.68. The van der Waals surface area contributed by atoms with E-state index in [1.54, 1.807) is 7.05 Å². The third-order valence-corrected chi connectivity index (χ3v) is 3.65. The molecule has 18 heavy (non-hydrogen) atoms. The number of anilines is 1. The van der Waals surface area contributed by atoms with Gasteiger partial charge in [0.15, 0.2) is 5.82 Å². The Hall–Kier alpha value is -1.06. The minimum absolute atomic E-state index is 0.00861. The third kappa shape index (κ3) is 1.91. The van der Waals surface area contributed by atoms with Gasteiger partial charge in [0.05, 0.1) is 15.6 Å². The maximum atomic E-state index is 13.8. The molecule has 0 spiro atoms. The number of benzene rings is 1. The van der Waals surface area contributed by atoms with Crippen LogP contribution in [0.2, 0.25) is 10.0 Å². The summed E-state index contributed by atoms with van der Waals surface area (Å²) >= 11 is 11.9. The van der Waals surface area contributed by atoms with Crippen LogP contribution in [0.1, 0.15) is 18.2 Å². The van der Waals surface area contributed by atoms with Gasteiger partial charge in [-0.05, 0) is 25.0 Å². The maximum absolute atomic E-state index is 13.8. The van der Waals surface area contributed by atoms with Crippen molar-refractivity contribution in [3.63, 3.8) is 0 Å². The number of hydrogen-bond donors (Lipinski definition) is 1. The van der Waals surface area contributed by atoms with Crippen molar-refractivity contribution in [1.82, 2.24) is 4.98 Å². The highest BCUT2D eigenvalue weighted by Gasteiger charge is 2.18. The lowest BCUT2D eigenvalue weighted by Crippen LogP contribution is -2.02. The van der Waals surface area contributed by atoms with E-state index in [9.17, 15) is 4.39 Å². The molecule has 0 saturated carbocycles. The molecule has 0 atom stereocenters. The third-order valence-electron chi connectivity index (χ3n) is 3.02. The molecule has 0 bridgehead atoms. The summed E-state index contributed by atoms with van der Waals surface area (Å²) in [4.78, 5) is 4.44. The highest BCUT2D eigenvalue weighted by molar-refractivity contribution is 6.39. The SMILES string of the molecule is CCc1c(C)nc2cc(Cl)c(F)c(Cl)c2c1NC. The van der Waals surface area contributed by atoms with Crippen LogP contribution in [0.15, 0.2) is 6.07 Å². The Bertz CT molecular complexity index is 626. The van der Waals surface area contributed by atoms with Crippen molar-refractivity contribution in [2.75, 3.05) is 12.4 Å². The summed E-state index contributed by atoms with van der Waals surface area (Å²) < 4.78 is 13.8. The summed E-state index contributed by atoms with van der Waals surface area (Å²) in [6, 6.07) is 1.51. The van der Waals surface area contributed by atoms with E-state index >= 15 is 0 Å². The van der Waals surface area contributed by atoms with Crippen LogP contribution in [0.25, 0.3) is 10.9 Å². The van der Waals surface area contributed by atoms with Crippen molar-refractivity contribution in [3.8, 4) is 0 Å². The molecule has 0 aliphatic heterocycles. The molecule has 1 N–H and O–H groups in total. The molecule has 0 fully saturated rings. The van der Waals surface area contributed by atoms with Crippen LogP contribution in [0.3, 0.4) is 0 Å². The Morgan fingerprint density at radius 2 is 2.06 bits per heavy atom. The van der Waals surface area contributed by atoms with Crippen LogP contribution < -0.4 is 5.32 Å². The molecular formula is C13H13Cl2FN2. The van der Waals surface area contributed by atoms with Gasteiger partial charge in [0.25, 0.3) is 0 Å². The number of aromatic nitrogens is 1. The van der Waals surface area contributed by atoms with Crippen LogP contribution in [-0.4, -0.2) is 12.0 Å². The minimum Gasteiger partial charge on any atom is -0.387 e. The zero-order chi connectivity index (χ0) is 13.4. The Morgan fingerprint density at radius 1 is 1.39 bits per heavy atom. The predicted molar refractivity (Wildman–Crippen MR) is 75.4 cm³/mol. The molecule has 0 radical (unpaired) electrons. The number of nitrogens with zero attached hydrogens (tertiary/aromatic N) is 1. The van der Waals surface area contributed by atoms with Crippen LogP contribution in [0, 0.1) is 12.7 Å². The minimum atomic E-state index is -0.602. The number of nitrogens with one attached hydrogen (secondary N) is 1. The lowest BCUT2D eigenvalue weighted by molar-refractivity contribution is 0.630. The molecular weight excluding hydrogens is 274 g/mol. The summed E-state index contributed by atoms with van der Waals surface area (Å²) in [6.07, 6.45) is 0.797. The number of halogens is 3. The molecule has 96 valence electrons. The molecule has 5 heteroatoms. The van der Waals surface area contributed by atoms with Gasteiger partial charge < -0.3 is 5.32 Å². The Balaban J connectivity index is 2.99. The normalized spacial score (nSPS) is 11.0. The molecule has 0 aliphatic carbocycles. The standard InChI is InChI=1S/C13H13Cl2FN2/c1-4-7-6(2)18-9-5-8(14)12(16)11(15)10(9)13(7)17-3/h5H,4H2,1-3H3,(H,17,18). The number of fused-ring (bicyclic) bond motifs is 1. The van der Waals surface area contributed by atoms with E-state index in [0.29, 0.717) is 10.9 Å². The summed E-state index contributed by atoms with van der Waals surface area (Å²) in [6.45, 7) is 3.95. The summed E-state index contributed by atoms with van der Waals surface area (Å²) in [5.41, 5.74) is 3.35. The largest absolute Gasteiger partial charge is 0.387 e. The van der Waals surface area contributed by atoms with Gasteiger partial charge >= 0.3 is 0 Å². The molecule has 0 aliphatic rings. The number of hydrogen-bond acceptors (Lipinski definition) is 2. The first-order valence-corrected chi connectivity index (χ1v) is 6.41. The van der Waals surface area contributed by atoms with Crippen LogP contribution in [0.4, 0.5) is 10.1 Å². The van der Waals surface area contributed by atoms with Crippen molar-refractivity contribution in [3.05, 3.63) is 33.2 Å². The number of rotatable bonds is 2. The molecule has 0 amide bonds. The Morgan fingerprint density at radius 3 is 2.61 bits per heavy atom. The number of aryl methyl sites for hydroxylation is 1.